The number of benzene rings is 1. The molecule has 1 atom stereocenters. The van der Waals surface area contributed by atoms with E-state index >= 15 is 0 Å². The van der Waals surface area contributed by atoms with E-state index in [1.54, 1.807) is 6.92 Å². The van der Waals surface area contributed by atoms with Crippen LogP contribution in [0.5, 0.6) is 0 Å². The van der Waals surface area contributed by atoms with Gasteiger partial charge in [-0.2, -0.15) is 0 Å². The van der Waals surface area contributed by atoms with Gasteiger partial charge in [-0.05, 0) is 30.9 Å². The minimum atomic E-state index is -4.02. The van der Waals surface area contributed by atoms with E-state index in [2.05, 4.69) is 4.72 Å². The number of Topliss-reactive ketones (excluding diaryl/α,β-unsaturated/α-hetero) is 1. The summed E-state index contributed by atoms with van der Waals surface area (Å²) in [6.45, 7) is 5.87. The van der Waals surface area contributed by atoms with Gasteiger partial charge < -0.3 is 9.64 Å². The molecule has 0 saturated heterocycles. The summed E-state index contributed by atoms with van der Waals surface area (Å²) < 4.78 is 33.6. The lowest BCUT2D eigenvalue weighted by Gasteiger charge is -2.27. The number of amides is 1. The first kappa shape index (κ1) is 25.1. The van der Waals surface area contributed by atoms with Crippen molar-refractivity contribution in [2.45, 2.75) is 50.9 Å². The number of ether oxygens (including phenoxy) is 1. The predicted molar refractivity (Wildman–Crippen MR) is 124 cm³/mol. The summed E-state index contributed by atoms with van der Waals surface area (Å²) in [6.07, 6.45) is 0.827. The average Bonchev–Trinajstić information content (AvgIpc) is 3.21. The first-order valence-electron chi connectivity index (χ1n) is 10.7. The number of rotatable bonds is 8. The van der Waals surface area contributed by atoms with Crippen LogP contribution in [-0.2, 0) is 43.9 Å². The maximum absolute atomic E-state index is 13.1. The lowest BCUT2D eigenvalue weighted by Crippen LogP contribution is -2.41. The van der Waals surface area contributed by atoms with Crippen LogP contribution >= 0.6 is 11.3 Å². The zero-order chi connectivity index (χ0) is 24.3. The van der Waals surface area contributed by atoms with Gasteiger partial charge in [0, 0.05) is 23.9 Å². The molecule has 10 heteroatoms. The summed E-state index contributed by atoms with van der Waals surface area (Å²) in [6, 6.07) is 7.44. The Morgan fingerprint density at radius 2 is 1.88 bits per heavy atom. The van der Waals surface area contributed by atoms with E-state index in [-0.39, 0.29) is 41.7 Å². The highest BCUT2D eigenvalue weighted by molar-refractivity contribution is 7.91. The molecule has 0 bridgehead atoms. The Balaban J connectivity index is 1.90. The van der Waals surface area contributed by atoms with Gasteiger partial charge >= 0.3 is 5.97 Å². The molecule has 0 fully saturated rings. The van der Waals surface area contributed by atoms with Gasteiger partial charge in [-0.3, -0.25) is 9.59 Å². The van der Waals surface area contributed by atoms with Crippen LogP contribution in [0.15, 0.2) is 28.5 Å². The van der Waals surface area contributed by atoms with Crippen LogP contribution < -0.4 is 4.72 Å². The molecule has 1 N–H and O–H groups in total. The smallest absolute Gasteiger partial charge is 0.340 e. The Morgan fingerprint density at radius 3 is 2.48 bits per heavy atom. The predicted octanol–water partition coefficient (Wildman–Crippen LogP) is 2.82. The minimum Gasteiger partial charge on any atom is -0.465 e. The molecule has 2 aromatic rings. The highest BCUT2D eigenvalue weighted by Gasteiger charge is 2.36. The van der Waals surface area contributed by atoms with Gasteiger partial charge in [0.05, 0.1) is 19.2 Å². The van der Waals surface area contributed by atoms with Crippen LogP contribution in [0.1, 0.15) is 52.2 Å². The van der Waals surface area contributed by atoms with E-state index in [1.807, 2.05) is 38.1 Å². The monoisotopic (exact) mass is 492 g/mol. The number of ketones is 1. The number of fused-ring (bicyclic) bond motifs is 1. The van der Waals surface area contributed by atoms with Crippen LogP contribution in [0.4, 0.5) is 0 Å². The second kappa shape index (κ2) is 10.1. The largest absolute Gasteiger partial charge is 0.465 e. The summed E-state index contributed by atoms with van der Waals surface area (Å²) >= 11 is 0.941. The van der Waals surface area contributed by atoms with Crippen molar-refractivity contribution in [1.82, 2.24) is 9.62 Å². The normalized spacial score (nSPS) is 14.5. The molecule has 0 radical (unpaired) electrons. The molecule has 0 aliphatic carbocycles. The molecule has 1 aromatic carbocycles. The Bertz CT molecular complexity index is 1170. The Hall–Kier alpha value is -2.56. The lowest BCUT2D eigenvalue weighted by atomic mass is 10.00. The van der Waals surface area contributed by atoms with E-state index < -0.39 is 27.7 Å². The van der Waals surface area contributed by atoms with Gasteiger partial charge in [0.1, 0.15) is 4.21 Å². The fraction of sp³-hybridized carbons (Fsp3) is 0.435. The zero-order valence-electron chi connectivity index (χ0n) is 19.1. The summed E-state index contributed by atoms with van der Waals surface area (Å²) in [4.78, 5) is 39.5. The molecule has 1 aromatic heterocycles. The van der Waals surface area contributed by atoms with E-state index in [4.69, 9.17) is 4.74 Å². The van der Waals surface area contributed by atoms with Crippen LogP contribution in [0, 0.1) is 12.8 Å². The van der Waals surface area contributed by atoms with E-state index in [0.717, 1.165) is 22.5 Å². The SMILES string of the molecule is CCC(C)C(=O)C(=O)N1CCc2c(sc(S(=O)(=O)NCc3ccc(C)cc3)c2C(=O)OC)C1. The molecule has 3 rings (SSSR count). The molecule has 1 aliphatic rings. The minimum absolute atomic E-state index is 0.00857. The molecule has 33 heavy (non-hydrogen) atoms. The third kappa shape index (κ3) is 5.34. The lowest BCUT2D eigenvalue weighted by molar-refractivity contribution is -0.147. The molecule has 178 valence electrons. The number of aryl methyl sites for hydroxylation is 1. The summed E-state index contributed by atoms with van der Waals surface area (Å²) in [7, 11) is -2.82. The number of esters is 1. The third-order valence-corrected chi connectivity index (χ3v) is 8.94. The van der Waals surface area contributed by atoms with Gasteiger partial charge in [0.2, 0.25) is 5.78 Å². The van der Waals surface area contributed by atoms with Crippen LogP contribution in [0.2, 0.25) is 0 Å². The van der Waals surface area contributed by atoms with Crippen molar-refractivity contribution in [2.75, 3.05) is 13.7 Å². The van der Waals surface area contributed by atoms with Crippen molar-refractivity contribution in [3.05, 3.63) is 51.4 Å². The first-order valence-corrected chi connectivity index (χ1v) is 13.0. The first-order chi connectivity index (χ1) is 15.6. The second-order valence-corrected chi connectivity index (χ2v) is 11.2. The molecule has 0 spiro atoms. The summed E-state index contributed by atoms with van der Waals surface area (Å²) in [5, 5.41) is 0. The average molecular weight is 493 g/mol. The molecular formula is C23H28N2O6S2. The molecule has 1 aliphatic heterocycles. The second-order valence-electron chi connectivity index (χ2n) is 8.12. The molecule has 8 nitrogen and oxygen atoms in total. The number of sulfonamides is 1. The number of hydrogen-bond donors (Lipinski definition) is 1. The standard InChI is InChI=1S/C23H28N2O6S2/c1-5-15(3)20(26)21(27)25-11-10-17-18(13-25)32-23(19(17)22(28)31-4)33(29,30)24-12-16-8-6-14(2)7-9-16/h6-9,15,24H,5,10-13H2,1-4H3. The van der Waals surface area contributed by atoms with Gasteiger partial charge in [-0.25, -0.2) is 17.9 Å². The maximum atomic E-state index is 13.1. The van der Waals surface area contributed by atoms with Crippen molar-refractivity contribution in [3.63, 3.8) is 0 Å². The van der Waals surface area contributed by atoms with Crippen molar-refractivity contribution >= 4 is 39.0 Å². The van der Waals surface area contributed by atoms with Crippen LogP contribution in [-0.4, -0.2) is 44.6 Å². The van der Waals surface area contributed by atoms with Crippen LogP contribution in [0.3, 0.4) is 0 Å². The zero-order valence-corrected chi connectivity index (χ0v) is 20.8. The fourth-order valence-electron chi connectivity index (χ4n) is 3.55. The fourth-order valence-corrected chi connectivity index (χ4v) is 6.51. The highest BCUT2D eigenvalue weighted by atomic mass is 32.2. The highest BCUT2D eigenvalue weighted by Crippen LogP contribution is 2.37. The van der Waals surface area contributed by atoms with E-state index in [1.165, 1.54) is 12.0 Å². The number of nitrogens with one attached hydrogen (secondary N) is 1. The number of carbonyl (C=O) groups is 3. The van der Waals surface area contributed by atoms with Crippen molar-refractivity contribution in [3.8, 4) is 0 Å². The molecular weight excluding hydrogens is 464 g/mol. The number of nitrogens with zero attached hydrogens (tertiary/aromatic N) is 1. The third-order valence-electron chi connectivity index (χ3n) is 5.80. The number of hydrogen-bond acceptors (Lipinski definition) is 7. The van der Waals surface area contributed by atoms with Gasteiger partial charge in [0.25, 0.3) is 15.9 Å². The van der Waals surface area contributed by atoms with Gasteiger partial charge in [0.15, 0.2) is 0 Å². The van der Waals surface area contributed by atoms with Crippen molar-refractivity contribution < 1.29 is 27.5 Å². The number of carbonyl (C=O) groups excluding carboxylic acids is 3. The Labute approximate surface area is 198 Å². The van der Waals surface area contributed by atoms with Gasteiger partial charge in [-0.15, -0.1) is 11.3 Å². The molecule has 1 unspecified atom stereocenters. The molecule has 2 heterocycles. The van der Waals surface area contributed by atoms with Gasteiger partial charge in [-0.1, -0.05) is 43.7 Å². The maximum Gasteiger partial charge on any atom is 0.340 e. The van der Waals surface area contributed by atoms with Crippen molar-refractivity contribution in [2.24, 2.45) is 5.92 Å². The number of methoxy groups -OCH3 is 1. The van der Waals surface area contributed by atoms with Crippen molar-refractivity contribution in [1.29, 1.82) is 0 Å². The Morgan fingerprint density at radius 1 is 1.21 bits per heavy atom. The Kier molecular flexibility index (Phi) is 7.71. The quantitative estimate of drug-likeness (QED) is 0.448. The van der Waals surface area contributed by atoms with Crippen LogP contribution in [0.25, 0.3) is 0 Å². The number of thiophene rings is 1. The van der Waals surface area contributed by atoms with E-state index in [0.29, 0.717) is 16.9 Å². The summed E-state index contributed by atoms with van der Waals surface area (Å²) in [5.74, 6) is -2.16. The van der Waals surface area contributed by atoms with E-state index in [9.17, 15) is 22.8 Å². The molecule has 0 saturated carbocycles. The topological polar surface area (TPSA) is 110 Å². The summed E-state index contributed by atoms with van der Waals surface area (Å²) in [5.41, 5.74) is 2.41. The molecule has 1 amide bonds.